The van der Waals surface area contributed by atoms with Gasteiger partial charge >= 0.3 is 0 Å². The van der Waals surface area contributed by atoms with Crippen molar-refractivity contribution < 1.29 is 23.7 Å². The Bertz CT molecular complexity index is 829. The van der Waals surface area contributed by atoms with Gasteiger partial charge in [0.15, 0.2) is 17.5 Å². The number of halogens is 1. The molecule has 1 atom stereocenters. The fourth-order valence-electron chi connectivity index (χ4n) is 2.83. The predicted octanol–water partition coefficient (Wildman–Crippen LogP) is 2.39. The van der Waals surface area contributed by atoms with Gasteiger partial charge in [-0.2, -0.15) is 0 Å². The van der Waals surface area contributed by atoms with Crippen LogP contribution >= 0.6 is 0 Å². The van der Waals surface area contributed by atoms with E-state index in [0.717, 1.165) is 17.1 Å². The lowest BCUT2D eigenvalue weighted by Crippen LogP contribution is -2.39. The molecule has 0 aliphatic carbocycles. The summed E-state index contributed by atoms with van der Waals surface area (Å²) in [7, 11) is 1.92. The Hall–Kier alpha value is -3.00. The van der Waals surface area contributed by atoms with Gasteiger partial charge in [0.25, 0.3) is 0 Å². The molecule has 0 saturated heterocycles. The van der Waals surface area contributed by atoms with Gasteiger partial charge in [-0.05, 0) is 48.9 Å². The first-order valence-electron chi connectivity index (χ1n) is 9.49. The van der Waals surface area contributed by atoms with Crippen molar-refractivity contribution >= 4 is 5.96 Å². The van der Waals surface area contributed by atoms with E-state index in [2.05, 4.69) is 10.3 Å². The number of rotatable bonds is 8. The number of guanidine groups is 1. The maximum atomic E-state index is 12.9. The van der Waals surface area contributed by atoms with E-state index in [0.29, 0.717) is 24.8 Å². The quantitative estimate of drug-likeness (QED) is 0.521. The molecule has 29 heavy (non-hydrogen) atoms. The highest BCUT2D eigenvalue weighted by atomic mass is 19.1. The summed E-state index contributed by atoms with van der Waals surface area (Å²) in [6.07, 6.45) is -0.785. The Morgan fingerprint density at radius 3 is 2.76 bits per heavy atom. The van der Waals surface area contributed by atoms with Gasteiger partial charge in [0.1, 0.15) is 24.3 Å². The number of benzene rings is 2. The standard InChI is InChI=1S/C21H26FN3O4/c1-3-23-21(24-11-17(26)13-27-18-7-5-16(22)6-8-18)25(2)12-15-4-9-19-20(10-15)29-14-28-19/h4-10,17,26H,3,11-14H2,1-2H3,(H,23,24). The number of nitrogens with zero attached hydrogens (tertiary/aromatic N) is 2. The molecule has 0 fully saturated rings. The summed E-state index contributed by atoms with van der Waals surface area (Å²) in [6.45, 7) is 3.79. The molecule has 1 unspecified atom stereocenters. The van der Waals surface area contributed by atoms with Gasteiger partial charge in [-0.3, -0.25) is 4.99 Å². The fraction of sp³-hybridized carbons (Fsp3) is 0.381. The van der Waals surface area contributed by atoms with Gasteiger partial charge in [-0.25, -0.2) is 4.39 Å². The summed E-state index contributed by atoms with van der Waals surface area (Å²) >= 11 is 0. The Balaban J connectivity index is 1.54. The molecule has 1 aliphatic rings. The second kappa shape index (κ2) is 9.97. The normalized spacial score (nSPS) is 13.9. The smallest absolute Gasteiger partial charge is 0.231 e. The summed E-state index contributed by atoms with van der Waals surface area (Å²) < 4.78 is 29.1. The van der Waals surface area contributed by atoms with E-state index in [1.54, 1.807) is 0 Å². The topological polar surface area (TPSA) is 75.6 Å². The molecule has 0 bridgehead atoms. The summed E-state index contributed by atoms with van der Waals surface area (Å²) in [5.41, 5.74) is 1.06. The maximum Gasteiger partial charge on any atom is 0.231 e. The SMILES string of the molecule is CCNC(=NCC(O)COc1ccc(F)cc1)N(C)Cc1ccc2c(c1)OCO2. The maximum absolute atomic E-state index is 12.9. The van der Waals surface area contributed by atoms with Crippen LogP contribution in [0.3, 0.4) is 0 Å². The highest BCUT2D eigenvalue weighted by molar-refractivity contribution is 5.79. The van der Waals surface area contributed by atoms with E-state index in [-0.39, 0.29) is 25.8 Å². The molecule has 0 radical (unpaired) electrons. The minimum Gasteiger partial charge on any atom is -0.491 e. The third kappa shape index (κ3) is 5.99. The van der Waals surface area contributed by atoms with Crippen LogP contribution in [-0.4, -0.2) is 55.6 Å². The molecule has 156 valence electrons. The molecule has 0 aromatic heterocycles. The average molecular weight is 403 g/mol. The number of ether oxygens (including phenoxy) is 3. The highest BCUT2D eigenvalue weighted by Crippen LogP contribution is 2.32. The third-order valence-corrected chi connectivity index (χ3v) is 4.26. The van der Waals surface area contributed by atoms with E-state index in [9.17, 15) is 9.50 Å². The highest BCUT2D eigenvalue weighted by Gasteiger charge is 2.15. The molecule has 2 aromatic carbocycles. The molecule has 8 heteroatoms. The number of nitrogens with one attached hydrogen (secondary N) is 1. The summed E-state index contributed by atoms with van der Waals surface area (Å²) in [6, 6.07) is 11.5. The van der Waals surface area contributed by atoms with Crippen LogP contribution in [0.4, 0.5) is 4.39 Å². The van der Waals surface area contributed by atoms with Crippen LogP contribution in [0.2, 0.25) is 0 Å². The summed E-state index contributed by atoms with van der Waals surface area (Å²) in [4.78, 5) is 6.46. The van der Waals surface area contributed by atoms with Gasteiger partial charge in [0, 0.05) is 20.1 Å². The number of hydrogen-bond acceptors (Lipinski definition) is 5. The zero-order valence-corrected chi connectivity index (χ0v) is 16.6. The van der Waals surface area contributed by atoms with Crippen molar-refractivity contribution in [2.24, 2.45) is 4.99 Å². The largest absolute Gasteiger partial charge is 0.491 e. The number of aliphatic hydroxyl groups excluding tert-OH is 1. The van der Waals surface area contributed by atoms with Gasteiger partial charge < -0.3 is 29.5 Å². The van der Waals surface area contributed by atoms with Crippen LogP contribution in [0.1, 0.15) is 12.5 Å². The van der Waals surface area contributed by atoms with Gasteiger partial charge in [-0.1, -0.05) is 6.07 Å². The molecule has 0 amide bonds. The lowest BCUT2D eigenvalue weighted by Gasteiger charge is -2.23. The number of aliphatic imine (C=N–C) groups is 1. The van der Waals surface area contributed by atoms with Crippen molar-refractivity contribution in [1.29, 1.82) is 0 Å². The first kappa shape index (κ1) is 20.7. The first-order valence-corrected chi connectivity index (χ1v) is 9.49. The molecular formula is C21H26FN3O4. The summed E-state index contributed by atoms with van der Waals surface area (Å²) in [5, 5.41) is 13.4. The van der Waals surface area contributed by atoms with E-state index in [1.165, 1.54) is 24.3 Å². The van der Waals surface area contributed by atoms with Crippen molar-refractivity contribution in [3.8, 4) is 17.2 Å². The van der Waals surface area contributed by atoms with Crippen LogP contribution in [0, 0.1) is 5.82 Å². The first-order chi connectivity index (χ1) is 14.0. The molecule has 0 spiro atoms. The van der Waals surface area contributed by atoms with Gasteiger partial charge in [-0.15, -0.1) is 0 Å². The van der Waals surface area contributed by atoms with Gasteiger partial charge in [0.2, 0.25) is 6.79 Å². The summed E-state index contributed by atoms with van der Waals surface area (Å²) in [5.74, 6) is 2.34. The Morgan fingerprint density at radius 1 is 1.24 bits per heavy atom. The number of hydrogen-bond donors (Lipinski definition) is 2. The second-order valence-corrected chi connectivity index (χ2v) is 6.66. The van der Waals surface area contributed by atoms with E-state index < -0.39 is 6.10 Å². The Labute approximate surface area is 169 Å². The van der Waals surface area contributed by atoms with Crippen LogP contribution in [0.15, 0.2) is 47.5 Å². The van der Waals surface area contributed by atoms with Crippen molar-refractivity contribution in [3.63, 3.8) is 0 Å². The predicted molar refractivity (Wildman–Crippen MR) is 108 cm³/mol. The molecule has 1 heterocycles. The van der Waals surface area contributed by atoms with Crippen molar-refractivity contribution in [3.05, 3.63) is 53.8 Å². The van der Waals surface area contributed by atoms with Crippen LogP contribution < -0.4 is 19.5 Å². The van der Waals surface area contributed by atoms with E-state index in [4.69, 9.17) is 14.2 Å². The van der Waals surface area contributed by atoms with Crippen molar-refractivity contribution in [2.75, 3.05) is 33.5 Å². The monoisotopic (exact) mass is 403 g/mol. The van der Waals surface area contributed by atoms with Crippen molar-refractivity contribution in [2.45, 2.75) is 19.6 Å². The fourth-order valence-corrected chi connectivity index (χ4v) is 2.83. The Morgan fingerprint density at radius 2 is 2.00 bits per heavy atom. The zero-order valence-electron chi connectivity index (χ0n) is 16.6. The number of aliphatic hydroxyl groups is 1. The molecule has 2 N–H and O–H groups in total. The average Bonchev–Trinajstić information content (AvgIpc) is 3.18. The Kier molecular flexibility index (Phi) is 7.13. The zero-order chi connectivity index (χ0) is 20.6. The number of fused-ring (bicyclic) bond motifs is 1. The minimum absolute atomic E-state index is 0.0699. The minimum atomic E-state index is -0.785. The molecule has 3 rings (SSSR count). The van der Waals surface area contributed by atoms with Crippen LogP contribution in [0.5, 0.6) is 17.2 Å². The van der Waals surface area contributed by atoms with Crippen molar-refractivity contribution in [1.82, 2.24) is 10.2 Å². The second-order valence-electron chi connectivity index (χ2n) is 6.66. The van der Waals surface area contributed by atoms with E-state index >= 15 is 0 Å². The van der Waals surface area contributed by atoms with E-state index in [1.807, 2.05) is 37.1 Å². The van der Waals surface area contributed by atoms with Crippen LogP contribution in [-0.2, 0) is 6.54 Å². The molecule has 1 aliphatic heterocycles. The molecule has 2 aromatic rings. The lowest BCUT2D eigenvalue weighted by molar-refractivity contribution is 0.114. The molecule has 7 nitrogen and oxygen atoms in total. The lowest BCUT2D eigenvalue weighted by atomic mass is 10.2. The van der Waals surface area contributed by atoms with Crippen LogP contribution in [0.25, 0.3) is 0 Å². The third-order valence-electron chi connectivity index (χ3n) is 4.26. The molecule has 0 saturated carbocycles. The molecular weight excluding hydrogens is 377 g/mol. The van der Waals surface area contributed by atoms with Gasteiger partial charge in [0.05, 0.1) is 6.54 Å².